The highest BCUT2D eigenvalue weighted by Gasteiger charge is 2.35. The molecule has 0 amide bonds. The standard InChI is InChI=1S/C13H11ClF3N3O2S/c14-10-8-9(13(15,16)17)2-3-11(10)23(21,22)20-6-1-5-19-7-4-18-12(19)20/h2-4,7-8H,1,5-6H2. The third-order valence-electron chi connectivity index (χ3n) is 3.50. The van der Waals surface area contributed by atoms with Gasteiger partial charge in [-0.1, -0.05) is 11.6 Å². The Hall–Kier alpha value is -1.74. The van der Waals surface area contributed by atoms with Gasteiger partial charge in [-0.15, -0.1) is 0 Å². The third-order valence-corrected chi connectivity index (χ3v) is 5.77. The summed E-state index contributed by atoms with van der Waals surface area (Å²) in [6, 6.07) is 2.20. The molecule has 0 bridgehead atoms. The van der Waals surface area contributed by atoms with Gasteiger partial charge in [0.1, 0.15) is 4.90 Å². The number of anilines is 1. The molecule has 0 saturated heterocycles. The van der Waals surface area contributed by atoms with E-state index in [4.69, 9.17) is 11.6 Å². The fourth-order valence-electron chi connectivity index (χ4n) is 2.42. The Balaban J connectivity index is 2.05. The van der Waals surface area contributed by atoms with Gasteiger partial charge in [0, 0.05) is 25.5 Å². The lowest BCUT2D eigenvalue weighted by atomic mass is 10.2. The SMILES string of the molecule is O=S(=O)(c1ccc(C(F)(F)F)cc1Cl)N1CCCn2ccnc21. The Morgan fingerprint density at radius 1 is 1.22 bits per heavy atom. The highest BCUT2D eigenvalue weighted by Crippen LogP contribution is 2.35. The first-order valence-corrected chi connectivity index (χ1v) is 8.44. The largest absolute Gasteiger partial charge is 0.416 e. The Bertz CT molecular complexity index is 848. The molecule has 0 spiro atoms. The summed E-state index contributed by atoms with van der Waals surface area (Å²) >= 11 is 5.81. The number of imidazole rings is 1. The van der Waals surface area contributed by atoms with E-state index in [-0.39, 0.29) is 17.4 Å². The number of nitrogens with zero attached hydrogens (tertiary/aromatic N) is 3. The number of aryl methyl sites for hydroxylation is 1. The normalized spacial score (nSPS) is 15.6. The Labute approximate surface area is 135 Å². The van der Waals surface area contributed by atoms with Crippen molar-refractivity contribution in [2.24, 2.45) is 0 Å². The van der Waals surface area contributed by atoms with Gasteiger partial charge in [0.15, 0.2) is 0 Å². The molecule has 0 N–H and O–H groups in total. The number of alkyl halides is 3. The van der Waals surface area contributed by atoms with Crippen molar-refractivity contribution >= 4 is 27.6 Å². The lowest BCUT2D eigenvalue weighted by Gasteiger charge is -2.28. The van der Waals surface area contributed by atoms with Gasteiger partial charge in [0.2, 0.25) is 5.95 Å². The van der Waals surface area contributed by atoms with Gasteiger partial charge >= 0.3 is 6.18 Å². The van der Waals surface area contributed by atoms with Crippen LogP contribution in [0.5, 0.6) is 0 Å². The predicted octanol–water partition coefficient (Wildman–Crippen LogP) is 3.15. The van der Waals surface area contributed by atoms with Crippen molar-refractivity contribution in [3.63, 3.8) is 0 Å². The lowest BCUT2D eigenvalue weighted by Crippen LogP contribution is -2.37. The average molecular weight is 366 g/mol. The van der Waals surface area contributed by atoms with Crippen LogP contribution in [0.25, 0.3) is 0 Å². The zero-order valence-electron chi connectivity index (χ0n) is 11.6. The van der Waals surface area contributed by atoms with Crippen LogP contribution in [0, 0.1) is 0 Å². The second-order valence-electron chi connectivity index (χ2n) is 4.99. The summed E-state index contributed by atoms with van der Waals surface area (Å²) in [5.41, 5.74) is -0.999. The maximum absolute atomic E-state index is 12.7. The van der Waals surface area contributed by atoms with Gasteiger partial charge in [-0.2, -0.15) is 13.2 Å². The van der Waals surface area contributed by atoms with Crippen LogP contribution in [0.3, 0.4) is 0 Å². The number of fused-ring (bicyclic) bond motifs is 1. The molecule has 1 aromatic heterocycles. The van der Waals surface area contributed by atoms with E-state index >= 15 is 0 Å². The summed E-state index contributed by atoms with van der Waals surface area (Å²) in [5, 5.41) is -0.469. The van der Waals surface area contributed by atoms with E-state index in [0.717, 1.165) is 10.4 Å². The molecule has 0 atom stereocenters. The van der Waals surface area contributed by atoms with Gasteiger partial charge in [-0.25, -0.2) is 17.7 Å². The molecule has 23 heavy (non-hydrogen) atoms. The quantitative estimate of drug-likeness (QED) is 0.821. The first-order chi connectivity index (χ1) is 10.7. The molecule has 1 aliphatic rings. The summed E-state index contributed by atoms with van der Waals surface area (Å²) in [4.78, 5) is 3.63. The van der Waals surface area contributed by atoms with Crippen LogP contribution in [-0.4, -0.2) is 24.5 Å². The maximum atomic E-state index is 12.7. The number of hydrogen-bond acceptors (Lipinski definition) is 3. The maximum Gasteiger partial charge on any atom is 0.416 e. The van der Waals surface area contributed by atoms with Gasteiger partial charge in [0.05, 0.1) is 10.6 Å². The number of halogens is 4. The van der Waals surface area contributed by atoms with Crippen LogP contribution in [0.4, 0.5) is 19.1 Å². The number of hydrogen-bond donors (Lipinski definition) is 0. The van der Waals surface area contributed by atoms with Crippen molar-refractivity contribution in [1.82, 2.24) is 9.55 Å². The molecule has 124 valence electrons. The first-order valence-electron chi connectivity index (χ1n) is 6.62. The first kappa shape index (κ1) is 16.1. The molecular formula is C13H11ClF3N3O2S. The number of sulfonamides is 1. The zero-order valence-corrected chi connectivity index (χ0v) is 13.2. The lowest BCUT2D eigenvalue weighted by molar-refractivity contribution is -0.137. The summed E-state index contributed by atoms with van der Waals surface area (Å²) in [5.74, 6) is 0.229. The van der Waals surface area contributed by atoms with Gasteiger partial charge in [-0.3, -0.25) is 0 Å². The van der Waals surface area contributed by atoms with Crippen molar-refractivity contribution < 1.29 is 21.6 Å². The van der Waals surface area contributed by atoms with Crippen molar-refractivity contribution in [2.45, 2.75) is 24.0 Å². The second kappa shape index (κ2) is 5.41. The molecule has 1 aliphatic heterocycles. The van der Waals surface area contributed by atoms with Crippen molar-refractivity contribution in [3.05, 3.63) is 41.2 Å². The molecule has 3 rings (SSSR count). The minimum absolute atomic E-state index is 0.191. The van der Waals surface area contributed by atoms with Crippen molar-refractivity contribution in [3.8, 4) is 0 Å². The van der Waals surface area contributed by atoms with Crippen LogP contribution in [0.2, 0.25) is 5.02 Å². The third kappa shape index (κ3) is 2.78. The van der Waals surface area contributed by atoms with Gasteiger partial charge in [-0.05, 0) is 24.6 Å². The molecule has 0 unspecified atom stereocenters. The molecule has 0 saturated carbocycles. The summed E-state index contributed by atoms with van der Waals surface area (Å²) in [6.07, 6.45) is -0.906. The molecule has 5 nitrogen and oxygen atoms in total. The predicted molar refractivity (Wildman–Crippen MR) is 77.8 cm³/mol. The topological polar surface area (TPSA) is 55.2 Å². The van der Waals surface area contributed by atoms with E-state index in [1.54, 1.807) is 10.8 Å². The molecule has 0 aliphatic carbocycles. The molecular weight excluding hydrogens is 355 g/mol. The van der Waals surface area contributed by atoms with Crippen LogP contribution >= 0.6 is 11.6 Å². The van der Waals surface area contributed by atoms with Gasteiger partial charge in [0.25, 0.3) is 10.0 Å². The molecule has 1 aromatic carbocycles. The smallest absolute Gasteiger partial charge is 0.316 e. The molecule has 0 radical (unpaired) electrons. The highest BCUT2D eigenvalue weighted by molar-refractivity contribution is 7.93. The highest BCUT2D eigenvalue weighted by atomic mass is 35.5. The van der Waals surface area contributed by atoms with E-state index in [2.05, 4.69) is 4.98 Å². The molecule has 10 heteroatoms. The summed E-state index contributed by atoms with van der Waals surface area (Å²) < 4.78 is 66.2. The summed E-state index contributed by atoms with van der Waals surface area (Å²) in [6.45, 7) is 0.818. The van der Waals surface area contributed by atoms with Crippen LogP contribution in [-0.2, 0) is 22.7 Å². The minimum Gasteiger partial charge on any atom is -0.316 e. The fourth-order valence-corrected chi connectivity index (χ4v) is 4.41. The monoisotopic (exact) mass is 365 g/mol. The minimum atomic E-state index is -4.59. The van der Waals surface area contributed by atoms with Crippen LogP contribution in [0.1, 0.15) is 12.0 Å². The second-order valence-corrected chi connectivity index (χ2v) is 7.23. The van der Waals surface area contributed by atoms with E-state index in [1.807, 2.05) is 0 Å². The van der Waals surface area contributed by atoms with Crippen LogP contribution in [0.15, 0.2) is 35.5 Å². The van der Waals surface area contributed by atoms with Crippen molar-refractivity contribution in [2.75, 3.05) is 10.8 Å². The Morgan fingerprint density at radius 2 is 1.96 bits per heavy atom. The summed E-state index contributed by atoms with van der Waals surface area (Å²) in [7, 11) is -4.09. The molecule has 0 fully saturated rings. The average Bonchev–Trinajstić information content (AvgIpc) is 2.93. The van der Waals surface area contributed by atoms with E-state index in [9.17, 15) is 21.6 Å². The number of aromatic nitrogens is 2. The zero-order chi connectivity index (χ0) is 16.8. The fraction of sp³-hybridized carbons (Fsp3) is 0.308. The van der Waals surface area contributed by atoms with E-state index < -0.39 is 26.8 Å². The Kier molecular flexibility index (Phi) is 3.80. The van der Waals surface area contributed by atoms with E-state index in [1.165, 1.54) is 6.20 Å². The van der Waals surface area contributed by atoms with Crippen molar-refractivity contribution in [1.29, 1.82) is 0 Å². The Morgan fingerprint density at radius 3 is 2.61 bits per heavy atom. The number of benzene rings is 1. The number of rotatable bonds is 2. The molecule has 2 aromatic rings. The van der Waals surface area contributed by atoms with Crippen LogP contribution < -0.4 is 4.31 Å². The molecule has 2 heterocycles. The van der Waals surface area contributed by atoms with E-state index in [0.29, 0.717) is 25.1 Å². The van der Waals surface area contributed by atoms with Gasteiger partial charge < -0.3 is 4.57 Å².